The molecule has 1 N–H and O–H groups in total. The van der Waals surface area contributed by atoms with E-state index in [9.17, 15) is 9.59 Å². The van der Waals surface area contributed by atoms with Gasteiger partial charge >= 0.3 is 0 Å². The number of fused-ring (bicyclic) bond motifs is 1. The van der Waals surface area contributed by atoms with E-state index in [1.165, 1.54) is 5.56 Å². The van der Waals surface area contributed by atoms with Crippen molar-refractivity contribution >= 4 is 22.8 Å². The molecule has 1 fully saturated rings. The zero-order valence-electron chi connectivity index (χ0n) is 21.5. The summed E-state index contributed by atoms with van der Waals surface area (Å²) in [6.45, 7) is 11.5. The van der Waals surface area contributed by atoms with Crippen molar-refractivity contribution < 1.29 is 9.59 Å². The highest BCUT2D eigenvalue weighted by molar-refractivity contribution is 6.06. The largest absolute Gasteiger partial charge is 0.356 e. The number of carbonyl (C=O) groups is 2. The van der Waals surface area contributed by atoms with Crippen molar-refractivity contribution in [1.82, 2.24) is 25.0 Å². The molecule has 3 aromatic rings. The second kappa shape index (κ2) is 10.6. The average Bonchev–Trinajstić information content (AvgIpc) is 3.28. The van der Waals surface area contributed by atoms with E-state index in [1.807, 2.05) is 27.8 Å². The zero-order chi connectivity index (χ0) is 25.1. The summed E-state index contributed by atoms with van der Waals surface area (Å²) >= 11 is 0. The molecule has 1 aliphatic rings. The fourth-order valence-electron chi connectivity index (χ4n) is 4.74. The highest BCUT2D eigenvalue weighted by atomic mass is 16.2. The Hall–Kier alpha value is -3.22. The second-order valence-corrected chi connectivity index (χ2v) is 10.1. The van der Waals surface area contributed by atoms with Crippen LogP contribution in [0.3, 0.4) is 0 Å². The minimum atomic E-state index is -0.181. The molecular weight excluding hydrogens is 438 g/mol. The van der Waals surface area contributed by atoms with Gasteiger partial charge in [0.1, 0.15) is 0 Å². The molecule has 4 rings (SSSR count). The minimum Gasteiger partial charge on any atom is -0.356 e. The first-order valence-electron chi connectivity index (χ1n) is 12.8. The quantitative estimate of drug-likeness (QED) is 0.480. The number of nitrogens with zero attached hydrogens (tertiary/aromatic N) is 4. The van der Waals surface area contributed by atoms with Gasteiger partial charge in [-0.15, -0.1) is 0 Å². The molecule has 1 aliphatic heterocycles. The van der Waals surface area contributed by atoms with Gasteiger partial charge in [0, 0.05) is 30.7 Å². The molecule has 2 aromatic heterocycles. The Morgan fingerprint density at radius 1 is 1.17 bits per heavy atom. The van der Waals surface area contributed by atoms with Crippen LogP contribution in [0.4, 0.5) is 0 Å². The number of pyridine rings is 1. The van der Waals surface area contributed by atoms with Crippen molar-refractivity contribution in [2.45, 2.75) is 72.4 Å². The third-order valence-electron chi connectivity index (χ3n) is 6.98. The van der Waals surface area contributed by atoms with Crippen LogP contribution in [-0.2, 0) is 4.79 Å². The van der Waals surface area contributed by atoms with Gasteiger partial charge in [-0.1, -0.05) is 43.2 Å². The number of rotatable bonds is 7. The lowest BCUT2D eigenvalue weighted by Gasteiger charge is -2.37. The maximum Gasteiger partial charge on any atom is 0.255 e. The molecular formula is C28H37N5O2. The molecule has 1 saturated heterocycles. The summed E-state index contributed by atoms with van der Waals surface area (Å²) in [6.07, 6.45) is 5.36. The SMILES string of the molecule is CCCCNC(=O)C1CCC(C)N(C(=O)c2cc(-c3ccc(C)cc3)nc3c2cnn3C(C)C)C1. The lowest BCUT2D eigenvalue weighted by atomic mass is 9.91. The van der Waals surface area contributed by atoms with Crippen molar-refractivity contribution in [1.29, 1.82) is 0 Å². The maximum absolute atomic E-state index is 14.0. The van der Waals surface area contributed by atoms with Crippen molar-refractivity contribution in [3.05, 3.63) is 47.7 Å². The van der Waals surface area contributed by atoms with Crippen LogP contribution < -0.4 is 5.32 Å². The molecule has 0 bridgehead atoms. The van der Waals surface area contributed by atoms with Gasteiger partial charge < -0.3 is 10.2 Å². The van der Waals surface area contributed by atoms with Gasteiger partial charge in [-0.05, 0) is 53.0 Å². The van der Waals surface area contributed by atoms with Gasteiger partial charge in [-0.25, -0.2) is 9.67 Å². The fourth-order valence-corrected chi connectivity index (χ4v) is 4.74. The topological polar surface area (TPSA) is 80.1 Å². The number of aromatic nitrogens is 3. The molecule has 1 aromatic carbocycles. The van der Waals surface area contributed by atoms with Crippen LogP contribution in [0.5, 0.6) is 0 Å². The van der Waals surface area contributed by atoms with Crippen LogP contribution in [0.2, 0.25) is 0 Å². The summed E-state index contributed by atoms with van der Waals surface area (Å²) in [4.78, 5) is 33.6. The third-order valence-corrected chi connectivity index (χ3v) is 6.98. The van der Waals surface area contributed by atoms with E-state index in [0.29, 0.717) is 24.3 Å². The van der Waals surface area contributed by atoms with E-state index in [-0.39, 0.29) is 29.8 Å². The molecule has 7 nitrogen and oxygen atoms in total. The Kier molecular flexibility index (Phi) is 7.53. The Morgan fingerprint density at radius 2 is 1.91 bits per heavy atom. The maximum atomic E-state index is 14.0. The summed E-state index contributed by atoms with van der Waals surface area (Å²) in [7, 11) is 0. The molecule has 7 heteroatoms. The summed E-state index contributed by atoms with van der Waals surface area (Å²) in [5.41, 5.74) is 4.18. The van der Waals surface area contributed by atoms with E-state index >= 15 is 0 Å². The van der Waals surface area contributed by atoms with Crippen LogP contribution >= 0.6 is 0 Å². The lowest BCUT2D eigenvalue weighted by Crippen LogP contribution is -2.49. The average molecular weight is 476 g/mol. The first kappa shape index (κ1) is 24.9. The van der Waals surface area contributed by atoms with Gasteiger partial charge in [0.2, 0.25) is 5.91 Å². The van der Waals surface area contributed by atoms with E-state index < -0.39 is 0 Å². The molecule has 0 radical (unpaired) electrons. The van der Waals surface area contributed by atoms with Gasteiger partial charge in [0.05, 0.1) is 28.8 Å². The number of benzene rings is 1. The highest BCUT2D eigenvalue weighted by Crippen LogP contribution is 2.30. The monoisotopic (exact) mass is 475 g/mol. The molecule has 0 saturated carbocycles. The Labute approximate surface area is 207 Å². The summed E-state index contributed by atoms with van der Waals surface area (Å²) < 4.78 is 1.87. The summed E-state index contributed by atoms with van der Waals surface area (Å²) in [6, 6.07) is 10.2. The number of likely N-dealkylation sites (tertiary alicyclic amines) is 1. The number of nitrogens with one attached hydrogen (secondary N) is 1. The van der Waals surface area contributed by atoms with Gasteiger partial charge in [-0.2, -0.15) is 5.10 Å². The van der Waals surface area contributed by atoms with Crippen molar-refractivity contribution in [3.63, 3.8) is 0 Å². The van der Waals surface area contributed by atoms with Crippen molar-refractivity contribution in [3.8, 4) is 11.3 Å². The zero-order valence-corrected chi connectivity index (χ0v) is 21.5. The van der Waals surface area contributed by atoms with Crippen molar-refractivity contribution in [2.75, 3.05) is 13.1 Å². The predicted octanol–water partition coefficient (Wildman–Crippen LogP) is 5.14. The van der Waals surface area contributed by atoms with Gasteiger partial charge in [-0.3, -0.25) is 9.59 Å². The summed E-state index contributed by atoms with van der Waals surface area (Å²) in [5.74, 6) is -0.192. The number of piperidine rings is 1. The second-order valence-electron chi connectivity index (χ2n) is 10.1. The predicted molar refractivity (Wildman–Crippen MR) is 139 cm³/mol. The molecule has 2 atom stereocenters. The smallest absolute Gasteiger partial charge is 0.255 e. The third kappa shape index (κ3) is 5.24. The highest BCUT2D eigenvalue weighted by Gasteiger charge is 2.34. The van der Waals surface area contributed by atoms with Crippen LogP contribution in [0.25, 0.3) is 22.3 Å². The Bertz CT molecular complexity index is 1200. The molecule has 2 amide bonds. The van der Waals surface area contributed by atoms with E-state index in [1.54, 1.807) is 6.20 Å². The standard InChI is InChI=1S/C28H37N5O2/c1-6-7-14-29-27(34)22-13-10-20(5)32(17-22)28(35)23-15-25(21-11-8-19(4)9-12-21)31-26-24(23)16-30-33(26)18(2)3/h8-9,11-12,15-16,18,20,22H,6-7,10,13-14,17H2,1-5H3,(H,29,34). The number of amides is 2. The normalized spacial score (nSPS) is 18.3. The molecule has 186 valence electrons. The van der Waals surface area contributed by atoms with Gasteiger partial charge in [0.25, 0.3) is 5.91 Å². The minimum absolute atomic E-state index is 0.0518. The van der Waals surface area contributed by atoms with Crippen LogP contribution in [-0.4, -0.2) is 50.6 Å². The molecule has 35 heavy (non-hydrogen) atoms. The van der Waals surface area contributed by atoms with E-state index in [0.717, 1.165) is 42.3 Å². The fraction of sp³-hybridized carbons (Fsp3) is 0.500. The molecule has 0 aliphatic carbocycles. The number of hydrogen-bond acceptors (Lipinski definition) is 4. The van der Waals surface area contributed by atoms with Crippen LogP contribution in [0, 0.1) is 12.8 Å². The molecule has 0 spiro atoms. The lowest BCUT2D eigenvalue weighted by molar-refractivity contribution is -0.126. The van der Waals surface area contributed by atoms with E-state index in [4.69, 9.17) is 4.98 Å². The molecule has 3 heterocycles. The van der Waals surface area contributed by atoms with Crippen LogP contribution in [0.15, 0.2) is 36.5 Å². The van der Waals surface area contributed by atoms with Crippen molar-refractivity contribution in [2.24, 2.45) is 5.92 Å². The Balaban J connectivity index is 1.71. The number of unbranched alkanes of at least 4 members (excludes halogenated alkanes) is 1. The van der Waals surface area contributed by atoms with Gasteiger partial charge in [0.15, 0.2) is 5.65 Å². The first-order chi connectivity index (χ1) is 16.8. The van der Waals surface area contributed by atoms with E-state index in [2.05, 4.69) is 57.2 Å². The number of carbonyl (C=O) groups excluding carboxylic acids is 2. The Morgan fingerprint density at radius 3 is 2.60 bits per heavy atom. The molecule has 2 unspecified atom stereocenters. The summed E-state index contributed by atoms with van der Waals surface area (Å²) in [5, 5.41) is 8.35. The van der Waals surface area contributed by atoms with Crippen LogP contribution in [0.1, 0.15) is 75.3 Å². The number of hydrogen-bond donors (Lipinski definition) is 1. The first-order valence-corrected chi connectivity index (χ1v) is 12.8. The number of aryl methyl sites for hydroxylation is 1.